The molecule has 2 unspecified atom stereocenters. The fourth-order valence-corrected chi connectivity index (χ4v) is 4.75. The molecule has 0 radical (unpaired) electrons. The highest BCUT2D eigenvalue weighted by Crippen LogP contribution is 2.41. The van der Waals surface area contributed by atoms with E-state index < -0.39 is 0 Å². The van der Waals surface area contributed by atoms with Gasteiger partial charge >= 0.3 is 0 Å². The van der Waals surface area contributed by atoms with Gasteiger partial charge in [-0.3, -0.25) is 4.79 Å². The lowest BCUT2D eigenvalue weighted by molar-refractivity contribution is -0.00545. The van der Waals surface area contributed by atoms with E-state index in [-0.39, 0.29) is 23.7 Å². The van der Waals surface area contributed by atoms with E-state index in [1.165, 1.54) is 0 Å². The summed E-state index contributed by atoms with van der Waals surface area (Å²) in [5.41, 5.74) is 3.63. The first-order valence-electron chi connectivity index (χ1n) is 12.2. The van der Waals surface area contributed by atoms with Gasteiger partial charge in [0.2, 0.25) is 0 Å². The van der Waals surface area contributed by atoms with Crippen LogP contribution in [-0.2, 0) is 10.3 Å². The number of carbonyl (C=O) groups excluding carboxylic acids is 1. The first kappa shape index (κ1) is 22.8. The third-order valence-electron chi connectivity index (χ3n) is 6.46. The summed E-state index contributed by atoms with van der Waals surface area (Å²) in [6, 6.07) is 5.83. The van der Waals surface area contributed by atoms with E-state index in [1.54, 1.807) is 6.20 Å². The van der Waals surface area contributed by atoms with Crippen LogP contribution < -0.4 is 10.2 Å². The fraction of sp³-hybridized carbons (Fsp3) is 0.538. The molecule has 34 heavy (non-hydrogen) atoms. The summed E-state index contributed by atoms with van der Waals surface area (Å²) < 4.78 is 7.77. The number of carbonyl (C=O) groups is 1. The van der Waals surface area contributed by atoms with Crippen LogP contribution in [0.1, 0.15) is 75.1 Å². The van der Waals surface area contributed by atoms with E-state index in [9.17, 15) is 4.79 Å². The number of aryl methyl sites for hydroxylation is 1. The first-order valence-corrected chi connectivity index (χ1v) is 12.2. The van der Waals surface area contributed by atoms with Gasteiger partial charge in [0.1, 0.15) is 5.82 Å². The van der Waals surface area contributed by atoms with E-state index in [0.29, 0.717) is 17.2 Å². The third-order valence-corrected chi connectivity index (χ3v) is 6.46. The highest BCUT2D eigenvalue weighted by Gasteiger charge is 2.30. The topological polar surface area (TPSA) is 85.2 Å². The standard InChI is InChI=1S/C26H34N6O2/c1-15-13-31(14-16(2)34-15)22-10-9-19(12-27-22)28-25(33)20-11-21(18-7-8-18)29-24-23(20)17(3)30-32(24)26(4,5)6/h9-12,15-16,18H,7-8,13-14H2,1-6H3,(H,28,33). The number of nitrogens with one attached hydrogen (secondary N) is 1. The molecular weight excluding hydrogens is 428 g/mol. The summed E-state index contributed by atoms with van der Waals surface area (Å²) in [7, 11) is 0. The van der Waals surface area contributed by atoms with E-state index in [0.717, 1.165) is 54.2 Å². The zero-order valence-corrected chi connectivity index (χ0v) is 20.9. The number of pyridine rings is 2. The highest BCUT2D eigenvalue weighted by molar-refractivity contribution is 6.12. The van der Waals surface area contributed by atoms with Crippen molar-refractivity contribution in [1.82, 2.24) is 19.7 Å². The van der Waals surface area contributed by atoms with Crippen molar-refractivity contribution in [2.45, 2.75) is 78.0 Å². The second-order valence-electron chi connectivity index (χ2n) is 10.8. The highest BCUT2D eigenvalue weighted by atomic mass is 16.5. The van der Waals surface area contributed by atoms with Gasteiger partial charge in [-0.05, 0) is 72.6 Å². The molecule has 0 spiro atoms. The quantitative estimate of drug-likeness (QED) is 0.608. The Kier molecular flexibility index (Phi) is 5.59. The Morgan fingerprint density at radius 2 is 1.85 bits per heavy atom. The SMILES string of the molecule is Cc1nn(C(C)(C)C)c2nc(C3CC3)cc(C(=O)Nc3ccc(N4CC(C)OC(C)C4)nc3)c12. The van der Waals surface area contributed by atoms with Crippen molar-refractivity contribution in [3.63, 3.8) is 0 Å². The minimum atomic E-state index is -0.232. The predicted molar refractivity (Wildman–Crippen MR) is 134 cm³/mol. The van der Waals surface area contributed by atoms with Crippen molar-refractivity contribution in [2.24, 2.45) is 0 Å². The van der Waals surface area contributed by atoms with Crippen LogP contribution in [0.4, 0.5) is 11.5 Å². The molecular formula is C26H34N6O2. The average Bonchev–Trinajstić information content (AvgIpc) is 3.56. The van der Waals surface area contributed by atoms with E-state index in [4.69, 9.17) is 14.8 Å². The van der Waals surface area contributed by atoms with Crippen LogP contribution in [0, 0.1) is 6.92 Å². The molecule has 1 aliphatic heterocycles. The van der Waals surface area contributed by atoms with E-state index >= 15 is 0 Å². The molecule has 4 heterocycles. The van der Waals surface area contributed by atoms with Crippen LogP contribution in [0.15, 0.2) is 24.4 Å². The maximum absolute atomic E-state index is 13.5. The first-order chi connectivity index (χ1) is 16.1. The van der Waals surface area contributed by atoms with Gasteiger partial charge in [0.05, 0.1) is 46.3 Å². The van der Waals surface area contributed by atoms with Gasteiger partial charge in [-0.25, -0.2) is 14.6 Å². The second-order valence-corrected chi connectivity index (χ2v) is 10.8. The van der Waals surface area contributed by atoms with Crippen molar-refractivity contribution in [2.75, 3.05) is 23.3 Å². The molecule has 1 amide bonds. The molecule has 0 bridgehead atoms. The number of aromatic nitrogens is 4. The number of fused-ring (bicyclic) bond motifs is 1. The molecule has 1 saturated carbocycles. The molecule has 1 aliphatic carbocycles. The Morgan fingerprint density at radius 1 is 1.15 bits per heavy atom. The Hall–Kier alpha value is -3.00. The molecule has 5 rings (SSSR count). The number of anilines is 2. The fourth-order valence-electron chi connectivity index (χ4n) is 4.75. The van der Waals surface area contributed by atoms with Gasteiger partial charge in [-0.2, -0.15) is 5.10 Å². The van der Waals surface area contributed by atoms with Crippen molar-refractivity contribution < 1.29 is 9.53 Å². The summed E-state index contributed by atoms with van der Waals surface area (Å²) >= 11 is 0. The minimum Gasteiger partial charge on any atom is -0.372 e. The second kappa shape index (κ2) is 8.34. The number of morpholine rings is 1. The molecule has 180 valence electrons. The van der Waals surface area contributed by atoms with Crippen LogP contribution >= 0.6 is 0 Å². The van der Waals surface area contributed by atoms with Gasteiger partial charge in [0.25, 0.3) is 5.91 Å². The van der Waals surface area contributed by atoms with Crippen LogP contribution in [0.5, 0.6) is 0 Å². The van der Waals surface area contributed by atoms with Gasteiger partial charge in [-0.15, -0.1) is 0 Å². The van der Waals surface area contributed by atoms with E-state index in [2.05, 4.69) is 49.8 Å². The van der Waals surface area contributed by atoms with Crippen LogP contribution in [-0.4, -0.2) is 51.0 Å². The normalized spacial score (nSPS) is 21.2. The molecule has 3 aromatic rings. The summed E-state index contributed by atoms with van der Waals surface area (Å²) in [5.74, 6) is 1.16. The molecule has 8 nitrogen and oxygen atoms in total. The number of hydrogen-bond acceptors (Lipinski definition) is 6. The summed E-state index contributed by atoms with van der Waals surface area (Å²) in [4.78, 5) is 25.3. The molecule has 0 aromatic carbocycles. The van der Waals surface area contributed by atoms with E-state index in [1.807, 2.05) is 29.8 Å². The molecule has 1 N–H and O–H groups in total. The van der Waals surface area contributed by atoms with Gasteiger partial charge in [-0.1, -0.05) is 0 Å². The monoisotopic (exact) mass is 462 g/mol. The summed E-state index contributed by atoms with van der Waals surface area (Å²) in [5, 5.41) is 8.62. The predicted octanol–water partition coefficient (Wildman–Crippen LogP) is 4.63. The van der Waals surface area contributed by atoms with Crippen molar-refractivity contribution in [3.8, 4) is 0 Å². The lowest BCUT2D eigenvalue weighted by Gasteiger charge is -2.36. The Balaban J connectivity index is 1.44. The zero-order chi connectivity index (χ0) is 24.2. The average molecular weight is 463 g/mol. The van der Waals surface area contributed by atoms with Gasteiger partial charge < -0.3 is 15.0 Å². The number of rotatable bonds is 4. The van der Waals surface area contributed by atoms with Gasteiger partial charge in [0.15, 0.2) is 5.65 Å². The third kappa shape index (κ3) is 4.39. The van der Waals surface area contributed by atoms with Crippen LogP contribution in [0.25, 0.3) is 11.0 Å². The minimum absolute atomic E-state index is 0.158. The molecule has 3 aromatic heterocycles. The molecule has 2 aliphatic rings. The maximum atomic E-state index is 13.5. The van der Waals surface area contributed by atoms with Gasteiger partial charge in [0, 0.05) is 24.7 Å². The number of nitrogens with zero attached hydrogens (tertiary/aromatic N) is 5. The summed E-state index contributed by atoms with van der Waals surface area (Å²) in [6.45, 7) is 14.0. The number of amides is 1. The molecule has 2 fully saturated rings. The van der Waals surface area contributed by atoms with Crippen molar-refractivity contribution in [3.05, 3.63) is 41.3 Å². The van der Waals surface area contributed by atoms with Crippen LogP contribution in [0.3, 0.4) is 0 Å². The lowest BCUT2D eigenvalue weighted by atomic mass is 10.1. The number of ether oxygens (including phenoxy) is 1. The molecule has 1 saturated heterocycles. The lowest BCUT2D eigenvalue weighted by Crippen LogP contribution is -2.45. The Morgan fingerprint density at radius 3 is 2.44 bits per heavy atom. The maximum Gasteiger partial charge on any atom is 0.256 e. The van der Waals surface area contributed by atoms with Crippen molar-refractivity contribution in [1.29, 1.82) is 0 Å². The molecule has 2 atom stereocenters. The number of hydrogen-bond donors (Lipinski definition) is 1. The Bertz CT molecular complexity index is 1210. The largest absolute Gasteiger partial charge is 0.372 e. The Labute approximate surface area is 200 Å². The summed E-state index contributed by atoms with van der Waals surface area (Å²) in [6.07, 6.45) is 4.29. The van der Waals surface area contributed by atoms with Crippen molar-refractivity contribution >= 4 is 28.4 Å². The van der Waals surface area contributed by atoms with Crippen LogP contribution in [0.2, 0.25) is 0 Å². The molecule has 8 heteroatoms. The zero-order valence-electron chi connectivity index (χ0n) is 20.9. The smallest absolute Gasteiger partial charge is 0.256 e.